The predicted molar refractivity (Wildman–Crippen MR) is 41.7 cm³/mol. The van der Waals surface area contributed by atoms with E-state index in [1.807, 2.05) is 5.48 Å². The molecule has 0 aliphatic rings. The van der Waals surface area contributed by atoms with Crippen molar-refractivity contribution >= 4 is 6.03 Å². The fraction of sp³-hybridized carbons (Fsp3) is 0.857. The van der Waals surface area contributed by atoms with Gasteiger partial charge in [-0.3, -0.25) is 4.84 Å². The molecule has 2 amide bonds. The van der Waals surface area contributed by atoms with Gasteiger partial charge in [-0.05, 0) is 6.42 Å². The Morgan fingerprint density at radius 1 is 1.45 bits per heavy atom. The Morgan fingerprint density at radius 3 is 2.73 bits per heavy atom. The number of carbonyl (C=O) groups is 1. The minimum Gasteiger partial charge on any atom is -0.272 e. The highest BCUT2D eigenvalue weighted by atomic mass is 16.7. The number of hydrogen-bond donors (Lipinski definition) is 1. The molecule has 0 aromatic carbocycles. The number of hydroxylamine groups is 1. The molecule has 0 aliphatic heterocycles. The molecule has 0 bridgehead atoms. The van der Waals surface area contributed by atoms with E-state index in [2.05, 4.69) is 11.8 Å². The molecule has 2 N–H and O–H groups in total. The number of urea groups is 1. The van der Waals surface area contributed by atoms with Crippen molar-refractivity contribution < 1.29 is 9.63 Å². The number of carbonyl (C=O) groups excluding carboxylic acids is 1. The van der Waals surface area contributed by atoms with Crippen LogP contribution in [0.15, 0.2) is 0 Å². The van der Waals surface area contributed by atoms with Gasteiger partial charge in [-0.2, -0.15) is 0 Å². The van der Waals surface area contributed by atoms with Crippen LogP contribution in [0.4, 0.5) is 4.79 Å². The van der Waals surface area contributed by atoms with E-state index in [-0.39, 0.29) is 0 Å². The highest BCUT2D eigenvalue weighted by Crippen LogP contribution is 1.97. The molecule has 0 spiro atoms. The third kappa shape index (κ3) is 9.23. The molecule has 11 heavy (non-hydrogen) atoms. The number of nitrogens with one attached hydrogen (secondary N) is 2. The van der Waals surface area contributed by atoms with E-state index < -0.39 is 6.03 Å². The van der Waals surface area contributed by atoms with Crippen molar-refractivity contribution in [1.82, 2.24) is 11.2 Å². The van der Waals surface area contributed by atoms with Crippen LogP contribution in [-0.4, -0.2) is 12.6 Å². The van der Waals surface area contributed by atoms with Crippen molar-refractivity contribution in [2.45, 2.75) is 32.6 Å². The summed E-state index contributed by atoms with van der Waals surface area (Å²) < 4.78 is 0. The first-order valence-electron chi connectivity index (χ1n) is 3.90. The van der Waals surface area contributed by atoms with Crippen molar-refractivity contribution in [3.05, 3.63) is 0 Å². The lowest BCUT2D eigenvalue weighted by atomic mass is 10.2. The van der Waals surface area contributed by atoms with E-state index in [0.717, 1.165) is 12.8 Å². The van der Waals surface area contributed by atoms with Gasteiger partial charge in [0.25, 0.3) is 0 Å². The first-order valence-corrected chi connectivity index (χ1v) is 3.90. The van der Waals surface area contributed by atoms with E-state index in [0.29, 0.717) is 6.61 Å². The second-order valence-electron chi connectivity index (χ2n) is 2.34. The molecule has 0 atom stereocenters. The number of amides is 2. The lowest BCUT2D eigenvalue weighted by molar-refractivity contribution is 0.0611. The highest BCUT2D eigenvalue weighted by Gasteiger charge is 1.91. The van der Waals surface area contributed by atoms with E-state index in [1.165, 1.54) is 12.8 Å². The van der Waals surface area contributed by atoms with Gasteiger partial charge < -0.3 is 0 Å². The third-order valence-electron chi connectivity index (χ3n) is 1.26. The van der Waals surface area contributed by atoms with Gasteiger partial charge in [-0.25, -0.2) is 16.0 Å². The molecule has 0 heterocycles. The van der Waals surface area contributed by atoms with Crippen molar-refractivity contribution in [3.63, 3.8) is 0 Å². The Morgan fingerprint density at radius 2 is 2.18 bits per heavy atom. The monoisotopic (exact) mass is 159 g/mol. The molecule has 65 valence electrons. The molecule has 1 radical (unpaired) electrons. The fourth-order valence-electron chi connectivity index (χ4n) is 0.718. The van der Waals surface area contributed by atoms with Crippen LogP contribution in [0.2, 0.25) is 0 Å². The minimum absolute atomic E-state index is 0.505. The normalized spacial score (nSPS) is 9.55. The smallest absolute Gasteiger partial charge is 0.272 e. The summed E-state index contributed by atoms with van der Waals surface area (Å²) in [6, 6.07) is -0.888. The average Bonchev–Trinajstić information content (AvgIpc) is 1.96. The number of rotatable bonds is 6. The summed E-state index contributed by atoms with van der Waals surface area (Å²) >= 11 is 0. The molecule has 0 aliphatic carbocycles. The van der Waals surface area contributed by atoms with Gasteiger partial charge in [-0.1, -0.05) is 26.2 Å². The van der Waals surface area contributed by atoms with Crippen LogP contribution >= 0.6 is 0 Å². The Labute approximate surface area is 67.0 Å². The summed E-state index contributed by atoms with van der Waals surface area (Å²) in [5.74, 6) is 0. The van der Waals surface area contributed by atoms with Crippen LogP contribution in [0.3, 0.4) is 0 Å². The van der Waals surface area contributed by atoms with Crippen LogP contribution in [0.5, 0.6) is 0 Å². The zero-order valence-corrected chi connectivity index (χ0v) is 6.85. The number of hydrogen-bond acceptors (Lipinski definition) is 2. The van der Waals surface area contributed by atoms with Crippen LogP contribution in [0, 0.1) is 0 Å². The van der Waals surface area contributed by atoms with E-state index in [9.17, 15) is 4.79 Å². The van der Waals surface area contributed by atoms with Crippen molar-refractivity contribution in [3.8, 4) is 0 Å². The maximum atomic E-state index is 9.96. The van der Waals surface area contributed by atoms with E-state index in [4.69, 9.17) is 5.73 Å². The highest BCUT2D eigenvalue weighted by molar-refractivity contribution is 5.69. The first kappa shape index (κ1) is 10.2. The summed E-state index contributed by atoms with van der Waals surface area (Å²) in [6.07, 6.45) is 4.43. The van der Waals surface area contributed by atoms with Crippen molar-refractivity contribution in [2.75, 3.05) is 6.61 Å². The number of unbranched alkanes of at least 4 members (excludes halogenated alkanes) is 3. The molecule has 4 nitrogen and oxygen atoms in total. The second kappa shape index (κ2) is 7.34. The summed E-state index contributed by atoms with van der Waals surface area (Å²) in [4.78, 5) is 14.6. The molecule has 4 heteroatoms. The lowest BCUT2D eigenvalue weighted by Gasteiger charge is -2.00. The van der Waals surface area contributed by atoms with Crippen molar-refractivity contribution in [2.24, 2.45) is 0 Å². The molecule has 0 unspecified atom stereocenters. The summed E-state index contributed by atoms with van der Waals surface area (Å²) in [5.41, 5.74) is 8.37. The van der Waals surface area contributed by atoms with Gasteiger partial charge in [0.2, 0.25) is 0 Å². The van der Waals surface area contributed by atoms with Gasteiger partial charge in [0.1, 0.15) is 0 Å². The average molecular weight is 159 g/mol. The Kier molecular flexibility index (Phi) is 6.82. The zero-order chi connectivity index (χ0) is 8.53. The first-order chi connectivity index (χ1) is 5.27. The third-order valence-corrected chi connectivity index (χ3v) is 1.26. The lowest BCUT2D eigenvalue weighted by Crippen LogP contribution is -2.22. The van der Waals surface area contributed by atoms with Gasteiger partial charge in [0.05, 0.1) is 6.61 Å². The van der Waals surface area contributed by atoms with Gasteiger partial charge in [0, 0.05) is 0 Å². The maximum absolute atomic E-state index is 9.96. The fourth-order valence-corrected chi connectivity index (χ4v) is 0.718. The predicted octanol–water partition coefficient (Wildman–Crippen LogP) is 1.49. The molecule has 0 fully saturated rings. The van der Waals surface area contributed by atoms with Crippen LogP contribution in [0.1, 0.15) is 32.6 Å². The Balaban J connectivity index is 2.85. The standard InChI is InChI=1S/C7H15N2O2/c1-2-3-4-5-6-11-9-7(8)10/h8H,2-6H2,1H3,(H,9,10). The molecule has 0 saturated carbocycles. The largest absolute Gasteiger partial charge is 0.357 e. The molecular formula is C7H15N2O2. The molecular weight excluding hydrogens is 144 g/mol. The summed E-state index contributed by atoms with van der Waals surface area (Å²) in [5, 5.41) is 0. The quantitative estimate of drug-likeness (QED) is 0.471. The van der Waals surface area contributed by atoms with Crippen LogP contribution < -0.4 is 11.2 Å². The molecule has 0 aromatic rings. The Hall–Kier alpha value is -0.770. The second-order valence-corrected chi connectivity index (χ2v) is 2.34. The molecule has 0 rings (SSSR count). The Bertz CT molecular complexity index is 107. The van der Waals surface area contributed by atoms with Crippen molar-refractivity contribution in [1.29, 1.82) is 0 Å². The SMILES string of the molecule is CCCCCCONC([NH])=O. The van der Waals surface area contributed by atoms with Gasteiger partial charge in [0.15, 0.2) is 0 Å². The molecule has 0 aromatic heterocycles. The topological polar surface area (TPSA) is 62.1 Å². The summed E-state index contributed by atoms with van der Waals surface area (Å²) in [6.45, 7) is 2.64. The van der Waals surface area contributed by atoms with Crippen LogP contribution in [-0.2, 0) is 4.84 Å². The minimum atomic E-state index is -0.888. The van der Waals surface area contributed by atoms with E-state index in [1.54, 1.807) is 0 Å². The van der Waals surface area contributed by atoms with Crippen LogP contribution in [0.25, 0.3) is 0 Å². The molecule has 0 saturated heterocycles. The van der Waals surface area contributed by atoms with E-state index >= 15 is 0 Å². The summed E-state index contributed by atoms with van der Waals surface area (Å²) in [7, 11) is 0. The maximum Gasteiger partial charge on any atom is 0.357 e. The zero-order valence-electron chi connectivity index (χ0n) is 6.85. The van der Waals surface area contributed by atoms with Gasteiger partial charge in [-0.15, -0.1) is 0 Å². The van der Waals surface area contributed by atoms with Gasteiger partial charge >= 0.3 is 6.03 Å².